The molecule has 1 aliphatic carbocycles. The van der Waals surface area contributed by atoms with E-state index in [0.717, 1.165) is 41.6 Å². The van der Waals surface area contributed by atoms with Crippen LogP contribution < -0.4 is 10.6 Å². The van der Waals surface area contributed by atoms with Gasteiger partial charge in [-0.1, -0.05) is 18.0 Å². The zero-order valence-electron chi connectivity index (χ0n) is 14.3. The molecule has 1 aromatic carbocycles. The molecule has 0 amide bonds. The van der Waals surface area contributed by atoms with Gasteiger partial charge in [-0.05, 0) is 49.9 Å². The molecule has 25 heavy (non-hydrogen) atoms. The largest absolute Gasteiger partial charge is 0.376 e. The molecule has 1 saturated carbocycles. The Morgan fingerprint density at radius 3 is 2.88 bits per heavy atom. The first-order valence-corrected chi connectivity index (χ1v) is 9.48. The van der Waals surface area contributed by atoms with Crippen LogP contribution in [0.3, 0.4) is 0 Å². The molecule has 2 aromatic rings. The summed E-state index contributed by atoms with van der Waals surface area (Å²) >= 11 is 6.66. The Morgan fingerprint density at radius 1 is 1.32 bits per heavy atom. The zero-order valence-corrected chi connectivity index (χ0v) is 15.1. The second kappa shape index (κ2) is 5.58. The van der Waals surface area contributed by atoms with E-state index in [0.29, 0.717) is 6.04 Å². The summed E-state index contributed by atoms with van der Waals surface area (Å²) in [6, 6.07) is 4.60. The smallest absolute Gasteiger partial charge is 0.113 e. The Labute approximate surface area is 152 Å². The number of benzene rings is 1. The first-order chi connectivity index (χ1) is 12.2. The number of nitrogens with zero attached hydrogens (tertiary/aromatic N) is 3. The maximum atomic E-state index is 6.66. The highest BCUT2D eigenvalue weighted by Crippen LogP contribution is 2.53. The van der Waals surface area contributed by atoms with Crippen molar-refractivity contribution >= 4 is 23.1 Å². The molecule has 2 fully saturated rings. The number of halogens is 1. The van der Waals surface area contributed by atoms with E-state index < -0.39 is 0 Å². The number of fused-ring (bicyclic) bond motifs is 2. The highest BCUT2D eigenvalue weighted by molar-refractivity contribution is 6.32. The fourth-order valence-corrected chi connectivity index (χ4v) is 4.76. The van der Waals surface area contributed by atoms with Gasteiger partial charge in [-0.25, -0.2) is 9.67 Å². The van der Waals surface area contributed by atoms with E-state index in [1.165, 1.54) is 30.4 Å². The number of aliphatic imine (C=N–C) groups is 1. The first-order valence-electron chi connectivity index (χ1n) is 9.10. The second-order valence-electron chi connectivity index (χ2n) is 7.33. The average molecular weight is 356 g/mol. The number of amidine groups is 1. The number of rotatable bonds is 2. The molecule has 0 unspecified atom stereocenters. The molecule has 5 nitrogen and oxygen atoms in total. The fraction of sp³-hybridized carbons (Fsp3) is 0.474. The molecule has 6 heteroatoms. The predicted molar refractivity (Wildman–Crippen MR) is 100 cm³/mol. The van der Waals surface area contributed by atoms with Gasteiger partial charge in [0.15, 0.2) is 0 Å². The van der Waals surface area contributed by atoms with Gasteiger partial charge in [0.25, 0.3) is 0 Å². The molecule has 1 saturated heterocycles. The van der Waals surface area contributed by atoms with E-state index in [9.17, 15) is 0 Å². The third kappa shape index (κ3) is 2.19. The molecule has 1 atom stereocenters. The van der Waals surface area contributed by atoms with Gasteiger partial charge in [-0.3, -0.25) is 0 Å². The Morgan fingerprint density at radius 2 is 2.20 bits per heavy atom. The van der Waals surface area contributed by atoms with E-state index in [1.54, 1.807) is 0 Å². The van der Waals surface area contributed by atoms with Gasteiger partial charge in [0, 0.05) is 24.8 Å². The number of aromatic nitrogens is 2. The molecular weight excluding hydrogens is 334 g/mol. The minimum Gasteiger partial charge on any atom is -0.376 e. The molecule has 0 radical (unpaired) electrons. The van der Waals surface area contributed by atoms with E-state index in [4.69, 9.17) is 16.6 Å². The molecule has 5 rings (SSSR count). The van der Waals surface area contributed by atoms with Gasteiger partial charge in [0.2, 0.25) is 0 Å². The maximum Gasteiger partial charge on any atom is 0.113 e. The molecule has 3 heterocycles. The Balaban J connectivity index is 1.55. The second-order valence-corrected chi connectivity index (χ2v) is 7.74. The van der Waals surface area contributed by atoms with Crippen molar-refractivity contribution in [2.45, 2.75) is 43.6 Å². The lowest BCUT2D eigenvalue weighted by molar-refractivity contribution is 0.341. The number of nitrogens with one attached hydrogen (secondary N) is 2. The summed E-state index contributed by atoms with van der Waals surface area (Å²) in [5.74, 6) is 1.08. The lowest BCUT2D eigenvalue weighted by Crippen LogP contribution is -2.45. The topological polar surface area (TPSA) is 54.2 Å². The third-order valence-electron chi connectivity index (χ3n) is 6.02. The van der Waals surface area contributed by atoms with E-state index in [1.807, 2.05) is 17.9 Å². The highest BCUT2D eigenvalue weighted by Gasteiger charge is 2.48. The molecule has 1 aromatic heterocycles. The summed E-state index contributed by atoms with van der Waals surface area (Å²) in [4.78, 5) is 4.85. The van der Waals surface area contributed by atoms with E-state index >= 15 is 0 Å². The summed E-state index contributed by atoms with van der Waals surface area (Å²) in [5.41, 5.74) is 4.49. The van der Waals surface area contributed by atoms with Gasteiger partial charge in [0.1, 0.15) is 5.84 Å². The first kappa shape index (κ1) is 15.4. The van der Waals surface area contributed by atoms with E-state index in [2.05, 4.69) is 34.1 Å². The molecule has 2 N–H and O–H groups in total. The SMILES string of the molecule is CNC1=Nc2cc(-n3cc([C@@H]4CCCN4)cn3)c(Cl)cc2C12CCC2. The van der Waals surface area contributed by atoms with Crippen molar-refractivity contribution in [3.63, 3.8) is 0 Å². The molecule has 3 aliphatic rings. The molecule has 0 bridgehead atoms. The van der Waals surface area contributed by atoms with Crippen molar-refractivity contribution in [3.05, 3.63) is 40.7 Å². The van der Waals surface area contributed by atoms with Gasteiger partial charge < -0.3 is 10.6 Å². The average Bonchev–Trinajstić information content (AvgIpc) is 3.30. The third-order valence-corrected chi connectivity index (χ3v) is 6.32. The minimum atomic E-state index is 0.0648. The van der Waals surface area contributed by atoms with Crippen LogP contribution >= 0.6 is 11.6 Å². The van der Waals surface area contributed by atoms with Crippen molar-refractivity contribution in [1.82, 2.24) is 20.4 Å². The zero-order chi connectivity index (χ0) is 17.0. The number of likely N-dealkylation sites (N-methyl/N-ethyl adjacent to an activating group) is 1. The normalized spacial score (nSPS) is 23.4. The van der Waals surface area contributed by atoms with Crippen LogP contribution in [0.2, 0.25) is 5.02 Å². The standard InChI is InChI=1S/C19H22ClN5/c1-21-18-19(5-3-6-19)13-8-14(20)17(9-16(13)24-18)25-11-12(10-23-25)15-4-2-7-22-15/h8-11,15,22H,2-7H2,1H3,(H,21,24)/t15-/m0/s1. The van der Waals surface area contributed by atoms with Crippen LogP contribution in [0, 0.1) is 0 Å². The van der Waals surface area contributed by atoms with Crippen molar-refractivity contribution in [3.8, 4) is 5.69 Å². The summed E-state index contributed by atoms with van der Waals surface area (Å²) in [5, 5.41) is 12.1. The molecule has 2 aliphatic heterocycles. The van der Waals surface area contributed by atoms with Crippen LogP contribution in [0.15, 0.2) is 29.5 Å². The quantitative estimate of drug-likeness (QED) is 0.864. The van der Waals surface area contributed by atoms with Gasteiger partial charge >= 0.3 is 0 Å². The Kier molecular flexibility index (Phi) is 3.44. The van der Waals surface area contributed by atoms with Crippen LogP contribution in [0.1, 0.15) is 49.3 Å². The van der Waals surface area contributed by atoms with Crippen LogP contribution in [0.5, 0.6) is 0 Å². The van der Waals surface area contributed by atoms with Gasteiger partial charge in [-0.15, -0.1) is 0 Å². The molecular formula is C19H22ClN5. The number of hydrogen-bond donors (Lipinski definition) is 2. The van der Waals surface area contributed by atoms with Crippen molar-refractivity contribution in [2.24, 2.45) is 4.99 Å². The molecule has 1 spiro atoms. The summed E-state index contributed by atoms with van der Waals surface area (Å²) in [7, 11) is 1.96. The summed E-state index contributed by atoms with van der Waals surface area (Å²) in [6.45, 7) is 1.08. The lowest BCUT2D eigenvalue weighted by atomic mass is 9.64. The van der Waals surface area contributed by atoms with Crippen molar-refractivity contribution in [2.75, 3.05) is 13.6 Å². The summed E-state index contributed by atoms with van der Waals surface area (Å²) < 4.78 is 1.89. The number of hydrogen-bond acceptors (Lipinski definition) is 4. The van der Waals surface area contributed by atoms with Crippen LogP contribution in [-0.2, 0) is 5.41 Å². The lowest BCUT2D eigenvalue weighted by Gasteiger charge is -2.40. The van der Waals surface area contributed by atoms with Crippen LogP contribution in [-0.4, -0.2) is 29.2 Å². The Bertz CT molecular complexity index is 859. The molecule has 130 valence electrons. The van der Waals surface area contributed by atoms with E-state index in [-0.39, 0.29) is 5.41 Å². The maximum absolute atomic E-state index is 6.66. The van der Waals surface area contributed by atoms with Gasteiger partial charge in [-0.2, -0.15) is 5.10 Å². The monoisotopic (exact) mass is 355 g/mol. The van der Waals surface area contributed by atoms with Gasteiger partial charge in [0.05, 0.1) is 28.0 Å². The minimum absolute atomic E-state index is 0.0648. The van der Waals surface area contributed by atoms with Crippen LogP contribution in [0.4, 0.5) is 5.69 Å². The summed E-state index contributed by atoms with van der Waals surface area (Å²) in [6.07, 6.45) is 9.97. The van der Waals surface area contributed by atoms with Crippen molar-refractivity contribution < 1.29 is 0 Å². The van der Waals surface area contributed by atoms with Crippen molar-refractivity contribution in [1.29, 1.82) is 0 Å². The highest BCUT2D eigenvalue weighted by atomic mass is 35.5. The predicted octanol–water partition coefficient (Wildman–Crippen LogP) is 3.63. The fourth-order valence-electron chi connectivity index (χ4n) is 4.51. The Hall–Kier alpha value is -1.85. The van der Waals surface area contributed by atoms with Crippen LogP contribution in [0.25, 0.3) is 5.69 Å².